The second kappa shape index (κ2) is 4.78. The van der Waals surface area contributed by atoms with E-state index in [-0.39, 0.29) is 15.8 Å². The smallest absolute Gasteiger partial charge is 0.267 e. The molecule has 1 heterocycles. The van der Waals surface area contributed by atoms with E-state index in [0.29, 0.717) is 5.69 Å². The van der Waals surface area contributed by atoms with Crippen LogP contribution < -0.4 is 15.2 Å². The summed E-state index contributed by atoms with van der Waals surface area (Å²) in [4.78, 5) is -0.00519. The van der Waals surface area contributed by atoms with E-state index in [9.17, 15) is 8.42 Å². The van der Waals surface area contributed by atoms with Gasteiger partial charge in [-0.25, -0.2) is 8.42 Å². The molecular formula is C9H10N4O3S2. The molecule has 1 aromatic carbocycles. The van der Waals surface area contributed by atoms with Crippen LogP contribution in [0.5, 0.6) is 5.75 Å². The van der Waals surface area contributed by atoms with E-state index in [4.69, 9.17) is 10.5 Å². The second-order valence-electron chi connectivity index (χ2n) is 3.26. The Bertz CT molecular complexity index is 640. The fourth-order valence-electron chi connectivity index (χ4n) is 1.29. The fraction of sp³-hybridized carbons (Fsp3) is 0.111. The molecule has 7 nitrogen and oxygen atoms in total. The third kappa shape index (κ3) is 2.51. The SMILES string of the molecule is COc1cc(N)ccc1S(=O)(=O)Nc1nncs1. The predicted molar refractivity (Wildman–Crippen MR) is 68.1 cm³/mol. The highest BCUT2D eigenvalue weighted by molar-refractivity contribution is 7.93. The van der Waals surface area contributed by atoms with E-state index >= 15 is 0 Å². The summed E-state index contributed by atoms with van der Waals surface area (Å²) in [6.07, 6.45) is 0. The zero-order chi connectivity index (χ0) is 13.2. The zero-order valence-electron chi connectivity index (χ0n) is 9.32. The number of nitrogens with one attached hydrogen (secondary N) is 1. The lowest BCUT2D eigenvalue weighted by Gasteiger charge is -2.10. The molecule has 18 heavy (non-hydrogen) atoms. The van der Waals surface area contributed by atoms with Gasteiger partial charge in [0.1, 0.15) is 16.2 Å². The average molecular weight is 286 g/mol. The van der Waals surface area contributed by atoms with E-state index < -0.39 is 10.0 Å². The van der Waals surface area contributed by atoms with E-state index in [1.165, 1.54) is 30.8 Å². The van der Waals surface area contributed by atoms with E-state index in [1.54, 1.807) is 0 Å². The van der Waals surface area contributed by atoms with Crippen LogP contribution in [0.25, 0.3) is 0 Å². The molecule has 0 aliphatic rings. The van der Waals surface area contributed by atoms with Crippen molar-refractivity contribution in [2.24, 2.45) is 0 Å². The van der Waals surface area contributed by atoms with Gasteiger partial charge in [0.25, 0.3) is 10.0 Å². The first-order valence-corrected chi connectivity index (χ1v) is 7.12. The van der Waals surface area contributed by atoms with Crippen LogP contribution in [-0.2, 0) is 10.0 Å². The normalized spacial score (nSPS) is 11.2. The number of nitrogen functional groups attached to an aromatic ring is 1. The topological polar surface area (TPSA) is 107 Å². The third-order valence-electron chi connectivity index (χ3n) is 2.06. The molecule has 0 radical (unpaired) electrons. The third-order valence-corrected chi connectivity index (χ3v) is 4.17. The minimum Gasteiger partial charge on any atom is -0.495 e. The number of benzene rings is 1. The van der Waals surface area contributed by atoms with Gasteiger partial charge in [0.05, 0.1) is 7.11 Å². The number of anilines is 2. The zero-order valence-corrected chi connectivity index (χ0v) is 11.0. The Morgan fingerprint density at radius 2 is 2.22 bits per heavy atom. The van der Waals surface area contributed by atoms with Crippen LogP contribution in [0.15, 0.2) is 28.6 Å². The molecule has 0 spiro atoms. The number of aromatic nitrogens is 2. The van der Waals surface area contributed by atoms with Crippen LogP contribution in [0, 0.1) is 0 Å². The van der Waals surface area contributed by atoms with Crippen molar-refractivity contribution in [2.45, 2.75) is 4.90 Å². The molecule has 2 aromatic rings. The number of methoxy groups -OCH3 is 1. The van der Waals surface area contributed by atoms with E-state index in [0.717, 1.165) is 11.3 Å². The van der Waals surface area contributed by atoms with Crippen molar-refractivity contribution < 1.29 is 13.2 Å². The van der Waals surface area contributed by atoms with Crippen molar-refractivity contribution in [3.63, 3.8) is 0 Å². The Kier molecular flexibility index (Phi) is 3.34. The van der Waals surface area contributed by atoms with E-state index in [1.807, 2.05) is 0 Å². The summed E-state index contributed by atoms with van der Waals surface area (Å²) < 4.78 is 31.5. The number of rotatable bonds is 4. The van der Waals surface area contributed by atoms with Crippen LogP contribution in [0.4, 0.5) is 10.8 Å². The van der Waals surface area contributed by atoms with Crippen molar-refractivity contribution in [1.29, 1.82) is 0 Å². The Morgan fingerprint density at radius 1 is 1.44 bits per heavy atom. The molecule has 3 N–H and O–H groups in total. The number of hydrogen-bond acceptors (Lipinski definition) is 7. The Labute approximate surface area is 108 Å². The lowest BCUT2D eigenvalue weighted by molar-refractivity contribution is 0.403. The van der Waals surface area contributed by atoms with Gasteiger partial charge in [-0.2, -0.15) is 0 Å². The highest BCUT2D eigenvalue weighted by Crippen LogP contribution is 2.27. The Balaban J connectivity index is 2.41. The first kappa shape index (κ1) is 12.6. The van der Waals surface area contributed by atoms with Gasteiger partial charge >= 0.3 is 0 Å². The largest absolute Gasteiger partial charge is 0.495 e. The van der Waals surface area contributed by atoms with Crippen LogP contribution in [0.2, 0.25) is 0 Å². The number of hydrogen-bond donors (Lipinski definition) is 2. The summed E-state index contributed by atoms with van der Waals surface area (Å²) >= 11 is 1.08. The summed E-state index contributed by atoms with van der Waals surface area (Å²) in [5.74, 6) is 0.173. The molecular weight excluding hydrogens is 276 g/mol. The maximum atomic E-state index is 12.1. The van der Waals surface area contributed by atoms with Crippen molar-refractivity contribution in [3.8, 4) is 5.75 Å². The number of sulfonamides is 1. The van der Waals surface area contributed by atoms with Gasteiger partial charge in [0.2, 0.25) is 5.13 Å². The number of nitrogens with zero attached hydrogens (tertiary/aromatic N) is 2. The molecule has 0 aliphatic heterocycles. The van der Waals surface area contributed by atoms with Gasteiger partial charge in [-0.3, -0.25) is 4.72 Å². The van der Waals surface area contributed by atoms with Crippen LogP contribution >= 0.6 is 11.3 Å². The van der Waals surface area contributed by atoms with Crippen LogP contribution in [-0.4, -0.2) is 25.7 Å². The molecule has 0 atom stereocenters. The molecule has 2 rings (SSSR count). The molecule has 0 bridgehead atoms. The molecule has 0 saturated heterocycles. The summed E-state index contributed by atoms with van der Waals surface area (Å²) in [6, 6.07) is 4.30. The highest BCUT2D eigenvalue weighted by Gasteiger charge is 2.20. The van der Waals surface area contributed by atoms with Gasteiger partial charge in [-0.15, -0.1) is 10.2 Å². The van der Waals surface area contributed by atoms with Crippen LogP contribution in [0.1, 0.15) is 0 Å². The van der Waals surface area contributed by atoms with Crippen LogP contribution in [0.3, 0.4) is 0 Å². The standard InChI is InChI=1S/C9H10N4O3S2/c1-16-7-4-6(10)2-3-8(7)18(14,15)13-9-12-11-5-17-9/h2-5H,10H2,1H3,(H,12,13). The minimum atomic E-state index is -3.77. The van der Waals surface area contributed by atoms with Crippen molar-refractivity contribution >= 4 is 32.2 Å². The average Bonchev–Trinajstić information content (AvgIpc) is 2.80. The molecule has 96 valence electrons. The van der Waals surface area contributed by atoms with Gasteiger partial charge < -0.3 is 10.5 Å². The van der Waals surface area contributed by atoms with Gasteiger partial charge in [0.15, 0.2) is 0 Å². The molecule has 9 heteroatoms. The summed E-state index contributed by atoms with van der Waals surface area (Å²) in [5, 5.41) is 7.35. The number of nitrogens with two attached hydrogens (primary N) is 1. The molecule has 0 fully saturated rings. The summed E-state index contributed by atoms with van der Waals surface area (Å²) in [6.45, 7) is 0. The molecule has 0 unspecified atom stereocenters. The molecule has 0 saturated carbocycles. The molecule has 1 aromatic heterocycles. The van der Waals surface area contributed by atoms with Gasteiger partial charge in [-0.1, -0.05) is 11.3 Å². The lowest BCUT2D eigenvalue weighted by atomic mass is 10.3. The van der Waals surface area contributed by atoms with Gasteiger partial charge in [-0.05, 0) is 12.1 Å². The van der Waals surface area contributed by atoms with Crippen molar-refractivity contribution in [1.82, 2.24) is 10.2 Å². The maximum absolute atomic E-state index is 12.1. The summed E-state index contributed by atoms with van der Waals surface area (Å²) in [7, 11) is -2.39. The number of ether oxygens (including phenoxy) is 1. The van der Waals surface area contributed by atoms with Crippen molar-refractivity contribution in [2.75, 3.05) is 17.6 Å². The fourth-order valence-corrected chi connectivity index (χ4v) is 3.14. The summed E-state index contributed by atoms with van der Waals surface area (Å²) in [5.41, 5.74) is 7.41. The molecule has 0 aliphatic carbocycles. The highest BCUT2D eigenvalue weighted by atomic mass is 32.2. The predicted octanol–water partition coefficient (Wildman–Crippen LogP) is 0.930. The van der Waals surface area contributed by atoms with E-state index in [2.05, 4.69) is 14.9 Å². The second-order valence-corrected chi connectivity index (χ2v) is 5.74. The lowest BCUT2D eigenvalue weighted by Crippen LogP contribution is -2.14. The first-order chi connectivity index (χ1) is 8.53. The quantitative estimate of drug-likeness (QED) is 0.810. The minimum absolute atomic E-state index is 0.00519. The Hall–Kier alpha value is -1.87. The first-order valence-electron chi connectivity index (χ1n) is 4.75. The monoisotopic (exact) mass is 286 g/mol. The van der Waals surface area contributed by atoms with Crippen molar-refractivity contribution in [3.05, 3.63) is 23.7 Å². The molecule has 0 amide bonds. The maximum Gasteiger partial charge on any atom is 0.267 e. The van der Waals surface area contributed by atoms with Gasteiger partial charge in [0, 0.05) is 11.8 Å². The Morgan fingerprint density at radius 3 is 2.83 bits per heavy atom.